The van der Waals surface area contributed by atoms with E-state index in [4.69, 9.17) is 4.42 Å². The van der Waals surface area contributed by atoms with Crippen LogP contribution in [0.15, 0.2) is 89.3 Å². The van der Waals surface area contributed by atoms with Gasteiger partial charge in [0.1, 0.15) is 11.3 Å². The van der Waals surface area contributed by atoms with Crippen LogP contribution in [0.2, 0.25) is 0 Å². The average Bonchev–Trinajstić information content (AvgIpc) is 3.24. The van der Waals surface area contributed by atoms with E-state index in [0.29, 0.717) is 28.3 Å². The van der Waals surface area contributed by atoms with Crippen molar-refractivity contribution in [1.29, 1.82) is 0 Å². The first kappa shape index (κ1) is 20.5. The number of aromatic hydroxyl groups is 1. The van der Waals surface area contributed by atoms with Gasteiger partial charge in [0.2, 0.25) is 5.89 Å². The highest BCUT2D eigenvalue weighted by atomic mass is 16.3. The molecule has 0 aliphatic carbocycles. The summed E-state index contributed by atoms with van der Waals surface area (Å²) in [7, 11) is 0. The summed E-state index contributed by atoms with van der Waals surface area (Å²) >= 11 is 0. The third kappa shape index (κ3) is 4.08. The van der Waals surface area contributed by atoms with Crippen LogP contribution in [0.3, 0.4) is 0 Å². The molecule has 0 aliphatic heterocycles. The van der Waals surface area contributed by atoms with Crippen LogP contribution >= 0.6 is 0 Å². The Hall–Kier alpha value is -4.38. The summed E-state index contributed by atoms with van der Waals surface area (Å²) in [5.41, 5.74) is 7.15. The van der Waals surface area contributed by atoms with Gasteiger partial charge in [-0.25, -0.2) is 4.98 Å². The van der Waals surface area contributed by atoms with E-state index in [1.807, 2.05) is 68.4 Å². The maximum absolute atomic E-state index is 12.7. The third-order valence-electron chi connectivity index (χ3n) is 5.56. The van der Waals surface area contributed by atoms with Gasteiger partial charge in [-0.3, -0.25) is 4.79 Å². The second-order valence-electron chi connectivity index (χ2n) is 8.08. The van der Waals surface area contributed by atoms with Gasteiger partial charge in [-0.1, -0.05) is 48.5 Å². The number of aromatic nitrogens is 1. The summed E-state index contributed by atoms with van der Waals surface area (Å²) < 4.78 is 5.90. The van der Waals surface area contributed by atoms with E-state index < -0.39 is 0 Å². The SMILES string of the molecule is Cc1cc(C)c2oc(-c3ccc(NC(=O)c4ccc(-c5ccccc5)cc4)cc3O)nc2c1. The highest BCUT2D eigenvalue weighted by molar-refractivity contribution is 6.04. The van der Waals surface area contributed by atoms with E-state index in [1.54, 1.807) is 24.3 Å². The highest BCUT2D eigenvalue weighted by Crippen LogP contribution is 2.34. The lowest BCUT2D eigenvalue weighted by Crippen LogP contribution is -2.11. The Balaban J connectivity index is 1.35. The van der Waals surface area contributed by atoms with Crippen molar-refractivity contribution in [2.24, 2.45) is 0 Å². The molecule has 0 saturated heterocycles. The number of oxazole rings is 1. The van der Waals surface area contributed by atoms with Crippen LogP contribution in [-0.2, 0) is 0 Å². The Morgan fingerprint density at radius 1 is 0.879 bits per heavy atom. The largest absolute Gasteiger partial charge is 0.507 e. The molecular weight excluding hydrogens is 412 g/mol. The standard InChI is InChI=1S/C28H22N2O3/c1-17-14-18(2)26-24(15-17)30-28(33-26)23-13-12-22(16-25(23)31)29-27(32)21-10-8-20(9-11-21)19-6-4-3-5-7-19/h3-16,31H,1-2H3,(H,29,32). The van der Waals surface area contributed by atoms with Crippen LogP contribution in [0.1, 0.15) is 21.5 Å². The number of benzene rings is 4. The highest BCUT2D eigenvalue weighted by Gasteiger charge is 2.15. The molecule has 2 N–H and O–H groups in total. The predicted octanol–water partition coefficient (Wildman–Crippen LogP) is 6.74. The number of hydrogen-bond donors (Lipinski definition) is 2. The lowest BCUT2D eigenvalue weighted by Gasteiger charge is -2.08. The number of phenolic OH excluding ortho intramolecular Hbond substituents is 1. The number of carbonyl (C=O) groups excluding carboxylic acids is 1. The van der Waals surface area contributed by atoms with E-state index in [2.05, 4.69) is 10.3 Å². The Bertz CT molecular complexity index is 1470. The first-order valence-corrected chi connectivity index (χ1v) is 10.7. The second kappa shape index (κ2) is 8.28. The number of nitrogens with zero attached hydrogens (tertiary/aromatic N) is 1. The fourth-order valence-corrected chi connectivity index (χ4v) is 3.93. The Labute approximate surface area is 191 Å². The fraction of sp³-hybridized carbons (Fsp3) is 0.0714. The number of phenols is 1. The van der Waals surface area contributed by atoms with Crippen LogP contribution in [0.4, 0.5) is 5.69 Å². The van der Waals surface area contributed by atoms with Crippen molar-refractivity contribution < 1.29 is 14.3 Å². The minimum absolute atomic E-state index is 0.0202. The van der Waals surface area contributed by atoms with Crippen molar-refractivity contribution in [2.45, 2.75) is 13.8 Å². The van der Waals surface area contributed by atoms with E-state index in [0.717, 1.165) is 27.8 Å². The molecule has 5 nitrogen and oxygen atoms in total. The minimum Gasteiger partial charge on any atom is -0.507 e. The molecule has 1 heterocycles. The topological polar surface area (TPSA) is 75.4 Å². The normalized spacial score (nSPS) is 11.0. The number of hydrogen-bond acceptors (Lipinski definition) is 4. The molecule has 1 aromatic heterocycles. The molecule has 0 atom stereocenters. The maximum atomic E-state index is 12.7. The van der Waals surface area contributed by atoms with Crippen molar-refractivity contribution in [3.8, 4) is 28.3 Å². The van der Waals surface area contributed by atoms with Gasteiger partial charge in [-0.2, -0.15) is 0 Å². The first-order chi connectivity index (χ1) is 16.0. The molecule has 5 heteroatoms. The minimum atomic E-state index is -0.255. The van der Waals surface area contributed by atoms with Crippen LogP contribution in [0.5, 0.6) is 5.75 Å². The molecule has 0 fully saturated rings. The van der Waals surface area contributed by atoms with E-state index in [1.165, 1.54) is 6.07 Å². The van der Waals surface area contributed by atoms with Gasteiger partial charge in [0, 0.05) is 17.3 Å². The maximum Gasteiger partial charge on any atom is 0.255 e. The number of nitrogens with one attached hydrogen (secondary N) is 1. The Morgan fingerprint density at radius 2 is 1.61 bits per heavy atom. The van der Waals surface area contributed by atoms with Crippen molar-refractivity contribution in [3.63, 3.8) is 0 Å². The number of rotatable bonds is 4. The summed E-state index contributed by atoms with van der Waals surface area (Å²) in [5, 5.41) is 13.4. The van der Waals surface area contributed by atoms with E-state index >= 15 is 0 Å². The fourth-order valence-electron chi connectivity index (χ4n) is 3.93. The molecule has 0 aliphatic rings. The summed E-state index contributed by atoms with van der Waals surface area (Å²) in [4.78, 5) is 17.2. The molecular formula is C28H22N2O3. The van der Waals surface area contributed by atoms with Crippen molar-refractivity contribution in [1.82, 2.24) is 4.98 Å². The molecule has 0 spiro atoms. The van der Waals surface area contributed by atoms with Crippen molar-refractivity contribution in [2.75, 3.05) is 5.32 Å². The molecule has 0 radical (unpaired) electrons. The van der Waals surface area contributed by atoms with Gasteiger partial charge in [-0.15, -0.1) is 0 Å². The van der Waals surface area contributed by atoms with Crippen LogP contribution in [-0.4, -0.2) is 16.0 Å². The number of aryl methyl sites for hydroxylation is 2. The number of carbonyl (C=O) groups is 1. The van der Waals surface area contributed by atoms with Gasteiger partial charge >= 0.3 is 0 Å². The quantitative estimate of drug-likeness (QED) is 0.329. The number of fused-ring (bicyclic) bond motifs is 1. The average molecular weight is 434 g/mol. The van der Waals surface area contributed by atoms with Crippen LogP contribution in [0, 0.1) is 13.8 Å². The number of anilines is 1. The molecule has 0 unspecified atom stereocenters. The third-order valence-corrected chi connectivity index (χ3v) is 5.56. The molecule has 33 heavy (non-hydrogen) atoms. The molecule has 1 amide bonds. The zero-order valence-electron chi connectivity index (χ0n) is 18.3. The van der Waals surface area contributed by atoms with Crippen molar-refractivity contribution >= 4 is 22.7 Å². The van der Waals surface area contributed by atoms with Crippen LogP contribution < -0.4 is 5.32 Å². The summed E-state index contributed by atoms with van der Waals surface area (Å²) in [6.07, 6.45) is 0. The predicted molar refractivity (Wildman–Crippen MR) is 130 cm³/mol. The van der Waals surface area contributed by atoms with Gasteiger partial charge in [-0.05, 0) is 66.4 Å². The monoisotopic (exact) mass is 434 g/mol. The summed E-state index contributed by atoms with van der Waals surface area (Å²) in [6, 6.07) is 26.3. The van der Waals surface area contributed by atoms with Crippen molar-refractivity contribution in [3.05, 3.63) is 102 Å². The van der Waals surface area contributed by atoms with Crippen LogP contribution in [0.25, 0.3) is 33.7 Å². The van der Waals surface area contributed by atoms with E-state index in [9.17, 15) is 9.90 Å². The first-order valence-electron chi connectivity index (χ1n) is 10.7. The summed E-state index contributed by atoms with van der Waals surface area (Å²) in [5.74, 6) is 0.0634. The van der Waals surface area contributed by atoms with Gasteiger partial charge in [0.15, 0.2) is 5.58 Å². The second-order valence-corrected chi connectivity index (χ2v) is 8.08. The lowest BCUT2D eigenvalue weighted by molar-refractivity contribution is 0.102. The molecule has 162 valence electrons. The molecule has 5 aromatic rings. The Morgan fingerprint density at radius 3 is 2.33 bits per heavy atom. The molecule has 0 bridgehead atoms. The van der Waals surface area contributed by atoms with Gasteiger partial charge in [0.25, 0.3) is 5.91 Å². The van der Waals surface area contributed by atoms with Gasteiger partial charge in [0.05, 0.1) is 5.56 Å². The lowest BCUT2D eigenvalue weighted by atomic mass is 10.0. The smallest absolute Gasteiger partial charge is 0.255 e. The number of amides is 1. The molecule has 0 saturated carbocycles. The Kier molecular flexibility index (Phi) is 5.15. The molecule has 4 aromatic carbocycles. The van der Waals surface area contributed by atoms with Gasteiger partial charge < -0.3 is 14.8 Å². The summed E-state index contributed by atoms with van der Waals surface area (Å²) in [6.45, 7) is 3.97. The van der Waals surface area contributed by atoms with E-state index in [-0.39, 0.29) is 11.7 Å². The molecule has 5 rings (SSSR count). The zero-order valence-corrected chi connectivity index (χ0v) is 18.3. The zero-order chi connectivity index (χ0) is 22.9.